The van der Waals surface area contributed by atoms with Gasteiger partial charge in [-0.15, -0.1) is 0 Å². The molecule has 130 valence electrons. The predicted molar refractivity (Wildman–Crippen MR) is 100 cm³/mol. The lowest BCUT2D eigenvalue weighted by molar-refractivity contribution is 0.112. The largest absolute Gasteiger partial charge is 0.492 e. The summed E-state index contributed by atoms with van der Waals surface area (Å²) in [4.78, 5) is 14.9. The van der Waals surface area contributed by atoms with Gasteiger partial charge >= 0.3 is 0 Å². The lowest BCUT2D eigenvalue weighted by Crippen LogP contribution is -2.06. The maximum atomic E-state index is 10.7. The van der Waals surface area contributed by atoms with E-state index < -0.39 is 0 Å². The Labute approximate surface area is 149 Å². The predicted octanol–water partition coefficient (Wildman–Crippen LogP) is 4.05. The topological polar surface area (TPSA) is 51.2 Å². The van der Waals surface area contributed by atoms with Gasteiger partial charge in [0.05, 0.1) is 11.5 Å². The molecular formula is C21H24N2O2. The molecule has 0 radical (unpaired) electrons. The lowest BCUT2D eigenvalue weighted by atomic mass is 10.1. The second kappa shape index (κ2) is 10.1. The van der Waals surface area contributed by atoms with Gasteiger partial charge in [-0.1, -0.05) is 30.3 Å². The summed E-state index contributed by atoms with van der Waals surface area (Å²) in [6, 6.07) is 13.5. The summed E-state index contributed by atoms with van der Waals surface area (Å²) in [7, 11) is 1.92. The number of aromatic nitrogens is 1. The van der Waals surface area contributed by atoms with Gasteiger partial charge in [-0.25, -0.2) is 0 Å². The fourth-order valence-corrected chi connectivity index (χ4v) is 2.27. The zero-order chi connectivity index (χ0) is 17.9. The normalized spacial score (nSPS) is 11.9. The lowest BCUT2D eigenvalue weighted by Gasteiger charge is -2.08. The van der Waals surface area contributed by atoms with Crippen molar-refractivity contribution in [3.63, 3.8) is 0 Å². The Kier molecular flexibility index (Phi) is 7.44. The van der Waals surface area contributed by atoms with Crippen LogP contribution in [0.4, 0.5) is 0 Å². The molecule has 0 bridgehead atoms. The molecule has 0 aliphatic carbocycles. The van der Waals surface area contributed by atoms with E-state index >= 15 is 0 Å². The van der Waals surface area contributed by atoms with Crippen molar-refractivity contribution >= 4 is 6.29 Å². The zero-order valence-electron chi connectivity index (χ0n) is 14.7. The maximum absolute atomic E-state index is 10.7. The van der Waals surface area contributed by atoms with E-state index in [-0.39, 0.29) is 0 Å². The molecular weight excluding hydrogens is 312 g/mol. The minimum atomic E-state index is 0.467. The maximum Gasteiger partial charge on any atom is 0.150 e. The van der Waals surface area contributed by atoms with Crippen LogP contribution in [-0.2, 0) is 17.8 Å². The molecule has 1 aromatic carbocycles. The van der Waals surface area contributed by atoms with Crippen molar-refractivity contribution in [1.82, 2.24) is 10.3 Å². The van der Waals surface area contributed by atoms with Crippen molar-refractivity contribution in [2.75, 3.05) is 7.05 Å². The van der Waals surface area contributed by atoms with E-state index in [1.54, 1.807) is 6.20 Å². The minimum absolute atomic E-state index is 0.467. The fraction of sp³-hybridized carbons (Fsp3) is 0.238. The molecule has 0 atom stereocenters. The number of hydrogen-bond acceptors (Lipinski definition) is 4. The molecule has 0 saturated heterocycles. The van der Waals surface area contributed by atoms with E-state index in [9.17, 15) is 4.79 Å². The molecule has 1 aromatic heterocycles. The molecule has 2 aromatic rings. The van der Waals surface area contributed by atoms with E-state index in [0.29, 0.717) is 12.2 Å². The molecule has 0 saturated carbocycles. The number of carbonyl (C=O) groups excluding carboxylic acids is 1. The minimum Gasteiger partial charge on any atom is -0.492 e. The quantitative estimate of drug-likeness (QED) is 0.426. The first kappa shape index (κ1) is 18.5. The molecule has 0 amide bonds. The average molecular weight is 336 g/mol. The average Bonchev–Trinajstić information content (AvgIpc) is 2.67. The summed E-state index contributed by atoms with van der Waals surface area (Å²) in [6.45, 7) is 2.40. The Morgan fingerprint density at radius 2 is 1.96 bits per heavy atom. The second-order valence-corrected chi connectivity index (χ2v) is 5.69. The standard InChI is InChI=1S/C21H24N2O2/c1-17(25-16-21-5-3-4-14-23-21)6-12-20(22-2)13-11-18-7-9-19(15-24)10-8-18/h3-10,12,14-15,22H,11,13,16H2,1-2H3/b17-6+,20-12-. The summed E-state index contributed by atoms with van der Waals surface area (Å²) in [6.07, 6.45) is 8.42. The Balaban J connectivity index is 1.86. The Morgan fingerprint density at radius 1 is 1.16 bits per heavy atom. The SMILES string of the molecule is CN/C(=C\C=C(/C)OCc1ccccn1)CCc1ccc(C=O)cc1. The van der Waals surface area contributed by atoms with Crippen LogP contribution in [0.1, 0.15) is 35.0 Å². The highest BCUT2D eigenvalue weighted by Crippen LogP contribution is 2.10. The van der Waals surface area contributed by atoms with E-state index in [1.165, 1.54) is 5.56 Å². The zero-order valence-corrected chi connectivity index (χ0v) is 14.7. The van der Waals surface area contributed by atoms with Crippen LogP contribution in [0.25, 0.3) is 0 Å². The summed E-state index contributed by atoms with van der Waals surface area (Å²) >= 11 is 0. The number of aryl methyl sites for hydroxylation is 1. The Morgan fingerprint density at radius 3 is 2.60 bits per heavy atom. The smallest absolute Gasteiger partial charge is 0.150 e. The van der Waals surface area contributed by atoms with Gasteiger partial charge in [0, 0.05) is 24.5 Å². The van der Waals surface area contributed by atoms with Crippen molar-refractivity contribution in [3.05, 3.63) is 89.1 Å². The van der Waals surface area contributed by atoms with Crippen LogP contribution in [0.3, 0.4) is 0 Å². The Bertz CT molecular complexity index is 719. The molecule has 0 spiro atoms. The number of hydrogen-bond donors (Lipinski definition) is 1. The fourth-order valence-electron chi connectivity index (χ4n) is 2.27. The van der Waals surface area contributed by atoms with E-state index in [0.717, 1.165) is 36.3 Å². The molecule has 0 fully saturated rings. The highest BCUT2D eigenvalue weighted by Gasteiger charge is 1.99. The summed E-state index contributed by atoms with van der Waals surface area (Å²) < 4.78 is 5.70. The third-order valence-corrected chi connectivity index (χ3v) is 3.81. The van der Waals surface area contributed by atoms with E-state index in [2.05, 4.69) is 10.3 Å². The van der Waals surface area contributed by atoms with E-state index in [4.69, 9.17) is 4.74 Å². The van der Waals surface area contributed by atoms with Gasteiger partial charge in [-0.05, 0) is 49.6 Å². The first-order valence-corrected chi connectivity index (χ1v) is 8.33. The summed E-state index contributed by atoms with van der Waals surface area (Å²) in [5.41, 5.74) is 3.95. The highest BCUT2D eigenvalue weighted by atomic mass is 16.5. The molecule has 1 heterocycles. The van der Waals surface area contributed by atoms with E-state index in [1.807, 2.05) is 68.6 Å². The monoisotopic (exact) mass is 336 g/mol. The van der Waals surface area contributed by atoms with Crippen LogP contribution in [0.2, 0.25) is 0 Å². The highest BCUT2D eigenvalue weighted by molar-refractivity contribution is 5.74. The van der Waals surface area contributed by atoms with Crippen LogP contribution < -0.4 is 5.32 Å². The number of pyridine rings is 1. The van der Waals surface area contributed by atoms with Crippen molar-refractivity contribution in [3.8, 4) is 0 Å². The number of nitrogens with zero attached hydrogens (tertiary/aromatic N) is 1. The first-order valence-electron chi connectivity index (χ1n) is 8.33. The van der Waals surface area contributed by atoms with Crippen LogP contribution in [0.15, 0.2) is 72.3 Å². The van der Waals surface area contributed by atoms with Crippen LogP contribution in [0, 0.1) is 0 Å². The molecule has 4 heteroatoms. The van der Waals surface area contributed by atoms with Gasteiger partial charge in [0.1, 0.15) is 12.9 Å². The third kappa shape index (κ3) is 6.63. The van der Waals surface area contributed by atoms with Crippen LogP contribution >= 0.6 is 0 Å². The number of carbonyl (C=O) groups is 1. The van der Waals surface area contributed by atoms with Crippen molar-refractivity contribution < 1.29 is 9.53 Å². The summed E-state index contributed by atoms with van der Waals surface area (Å²) in [5.74, 6) is 0.841. The van der Waals surface area contributed by atoms with Gasteiger partial charge in [0.25, 0.3) is 0 Å². The Hall–Kier alpha value is -2.88. The molecule has 25 heavy (non-hydrogen) atoms. The molecule has 0 unspecified atom stereocenters. The van der Waals surface area contributed by atoms with Gasteiger partial charge in [-0.3, -0.25) is 9.78 Å². The number of benzene rings is 1. The second-order valence-electron chi connectivity index (χ2n) is 5.69. The van der Waals surface area contributed by atoms with Gasteiger partial charge in [0.2, 0.25) is 0 Å². The molecule has 0 aliphatic heterocycles. The molecule has 4 nitrogen and oxygen atoms in total. The van der Waals surface area contributed by atoms with Crippen molar-refractivity contribution in [1.29, 1.82) is 0 Å². The number of rotatable bonds is 9. The van der Waals surface area contributed by atoms with Crippen molar-refractivity contribution in [2.45, 2.75) is 26.4 Å². The number of ether oxygens (including phenoxy) is 1. The van der Waals surface area contributed by atoms with Gasteiger partial charge in [0.15, 0.2) is 0 Å². The number of allylic oxidation sites excluding steroid dienone is 4. The molecule has 1 N–H and O–H groups in total. The van der Waals surface area contributed by atoms with Crippen molar-refractivity contribution in [2.24, 2.45) is 0 Å². The summed E-state index contributed by atoms with van der Waals surface area (Å²) in [5, 5.41) is 3.22. The van der Waals surface area contributed by atoms with Crippen LogP contribution in [-0.4, -0.2) is 18.3 Å². The van der Waals surface area contributed by atoms with Crippen LogP contribution in [0.5, 0.6) is 0 Å². The van der Waals surface area contributed by atoms with Gasteiger partial charge in [-0.2, -0.15) is 0 Å². The first-order chi connectivity index (χ1) is 12.2. The third-order valence-electron chi connectivity index (χ3n) is 3.81. The number of aldehydes is 1. The molecule has 0 aliphatic rings. The van der Waals surface area contributed by atoms with Gasteiger partial charge < -0.3 is 10.1 Å². The number of nitrogens with one attached hydrogen (secondary N) is 1. The molecule has 2 rings (SSSR count).